The molecule has 1 atom stereocenters. The molecule has 0 aliphatic carbocycles. The van der Waals surface area contributed by atoms with E-state index in [0.29, 0.717) is 53.2 Å². The summed E-state index contributed by atoms with van der Waals surface area (Å²) >= 11 is 12.1. The van der Waals surface area contributed by atoms with E-state index < -0.39 is 6.04 Å². The zero-order chi connectivity index (χ0) is 17.3. The normalized spacial score (nSPS) is 21.4. The van der Waals surface area contributed by atoms with Gasteiger partial charge in [-0.25, -0.2) is 4.79 Å². The number of rotatable bonds is 2. The summed E-state index contributed by atoms with van der Waals surface area (Å²) in [6.45, 7) is 3.79. The molecule has 1 saturated heterocycles. The highest BCUT2D eigenvalue weighted by Gasteiger charge is 2.34. The number of hydrogen-bond donors (Lipinski definition) is 2. The molecule has 3 amide bonds. The second-order valence-corrected chi connectivity index (χ2v) is 6.46. The molecule has 0 saturated carbocycles. The molecule has 6 nitrogen and oxygen atoms in total. The largest absolute Gasteiger partial charge is 0.378 e. The van der Waals surface area contributed by atoms with Crippen molar-refractivity contribution >= 4 is 35.1 Å². The number of carbonyl (C=O) groups excluding carboxylic acids is 2. The molecule has 2 aliphatic heterocycles. The predicted octanol–water partition coefficient (Wildman–Crippen LogP) is 2.48. The summed E-state index contributed by atoms with van der Waals surface area (Å²) in [5.74, 6) is -0.126. The van der Waals surface area contributed by atoms with E-state index in [-0.39, 0.29) is 11.9 Å². The number of ether oxygens (including phenoxy) is 1. The molecule has 0 unspecified atom stereocenters. The summed E-state index contributed by atoms with van der Waals surface area (Å²) in [7, 11) is 0. The zero-order valence-corrected chi connectivity index (χ0v) is 14.6. The highest BCUT2D eigenvalue weighted by molar-refractivity contribution is 6.42. The second-order valence-electron chi connectivity index (χ2n) is 5.65. The molecule has 1 fully saturated rings. The van der Waals surface area contributed by atoms with Gasteiger partial charge in [0.1, 0.15) is 0 Å². The number of halogens is 2. The SMILES string of the molecule is CC1=C(C(=O)N2CCOCC2)[C@H](c2ccc(Cl)c(Cl)c2)NC(=O)N1. The average molecular weight is 370 g/mol. The lowest BCUT2D eigenvalue weighted by atomic mass is 9.94. The summed E-state index contributed by atoms with van der Waals surface area (Å²) in [6.07, 6.45) is 0. The number of carbonyl (C=O) groups is 2. The first kappa shape index (κ1) is 17.1. The lowest BCUT2D eigenvalue weighted by molar-refractivity contribution is -0.131. The first-order chi connectivity index (χ1) is 11.5. The number of urea groups is 1. The van der Waals surface area contributed by atoms with E-state index in [1.807, 2.05) is 0 Å². The number of hydrogen-bond acceptors (Lipinski definition) is 3. The lowest BCUT2D eigenvalue weighted by Crippen LogP contribution is -2.49. The van der Waals surface area contributed by atoms with Gasteiger partial charge in [-0.2, -0.15) is 0 Å². The van der Waals surface area contributed by atoms with Crippen molar-refractivity contribution in [3.05, 3.63) is 45.1 Å². The second kappa shape index (κ2) is 7.01. The average Bonchev–Trinajstić information content (AvgIpc) is 2.57. The Morgan fingerprint density at radius 2 is 1.96 bits per heavy atom. The molecule has 1 aromatic carbocycles. The van der Waals surface area contributed by atoms with Gasteiger partial charge in [0.15, 0.2) is 0 Å². The van der Waals surface area contributed by atoms with Crippen molar-refractivity contribution < 1.29 is 14.3 Å². The summed E-state index contributed by atoms with van der Waals surface area (Å²) in [5, 5.41) is 6.25. The molecule has 1 aromatic rings. The number of allylic oxidation sites excluding steroid dienone is 1. The van der Waals surface area contributed by atoms with Crippen LogP contribution in [0.2, 0.25) is 10.0 Å². The van der Waals surface area contributed by atoms with Crippen LogP contribution in [-0.4, -0.2) is 43.1 Å². The van der Waals surface area contributed by atoms with E-state index in [4.69, 9.17) is 27.9 Å². The quantitative estimate of drug-likeness (QED) is 0.840. The Morgan fingerprint density at radius 1 is 1.25 bits per heavy atom. The monoisotopic (exact) mass is 369 g/mol. The molecule has 3 rings (SSSR count). The number of nitrogens with zero attached hydrogens (tertiary/aromatic N) is 1. The summed E-state index contributed by atoms with van der Waals surface area (Å²) in [4.78, 5) is 26.6. The fourth-order valence-corrected chi connectivity index (χ4v) is 3.16. The smallest absolute Gasteiger partial charge is 0.319 e. The van der Waals surface area contributed by atoms with Crippen LogP contribution in [0.15, 0.2) is 29.5 Å². The van der Waals surface area contributed by atoms with Crippen LogP contribution in [-0.2, 0) is 9.53 Å². The molecule has 8 heteroatoms. The number of amides is 3. The van der Waals surface area contributed by atoms with Crippen molar-refractivity contribution in [2.45, 2.75) is 13.0 Å². The van der Waals surface area contributed by atoms with Gasteiger partial charge in [-0.15, -0.1) is 0 Å². The van der Waals surface area contributed by atoms with Crippen LogP contribution in [0.5, 0.6) is 0 Å². The van der Waals surface area contributed by atoms with Gasteiger partial charge in [0.25, 0.3) is 5.91 Å². The van der Waals surface area contributed by atoms with E-state index in [1.165, 1.54) is 0 Å². The maximum Gasteiger partial charge on any atom is 0.319 e. The Morgan fingerprint density at radius 3 is 2.62 bits per heavy atom. The molecule has 128 valence electrons. The summed E-state index contributed by atoms with van der Waals surface area (Å²) in [6, 6.07) is 4.13. The zero-order valence-electron chi connectivity index (χ0n) is 13.1. The van der Waals surface area contributed by atoms with Crippen molar-refractivity contribution in [3.63, 3.8) is 0 Å². The van der Waals surface area contributed by atoms with Crippen molar-refractivity contribution in [2.75, 3.05) is 26.3 Å². The predicted molar refractivity (Wildman–Crippen MR) is 91.0 cm³/mol. The fourth-order valence-electron chi connectivity index (χ4n) is 2.86. The van der Waals surface area contributed by atoms with Crippen LogP contribution < -0.4 is 10.6 Å². The minimum Gasteiger partial charge on any atom is -0.378 e. The van der Waals surface area contributed by atoms with Gasteiger partial charge in [-0.1, -0.05) is 29.3 Å². The third-order valence-corrected chi connectivity index (χ3v) is 4.81. The van der Waals surface area contributed by atoms with Crippen LogP contribution in [0, 0.1) is 0 Å². The van der Waals surface area contributed by atoms with Crippen LogP contribution in [0.4, 0.5) is 4.79 Å². The van der Waals surface area contributed by atoms with Crippen molar-refractivity contribution in [3.8, 4) is 0 Å². The number of benzene rings is 1. The number of morpholine rings is 1. The highest BCUT2D eigenvalue weighted by Crippen LogP contribution is 2.32. The van der Waals surface area contributed by atoms with Crippen molar-refractivity contribution in [1.82, 2.24) is 15.5 Å². The number of nitrogens with one attached hydrogen (secondary N) is 2. The van der Waals surface area contributed by atoms with Crippen LogP contribution in [0.3, 0.4) is 0 Å². The van der Waals surface area contributed by atoms with Gasteiger partial charge in [0.05, 0.1) is 34.9 Å². The van der Waals surface area contributed by atoms with Gasteiger partial charge < -0.3 is 20.3 Å². The topological polar surface area (TPSA) is 70.7 Å². The summed E-state index contributed by atoms with van der Waals surface area (Å²) < 4.78 is 5.29. The molecular formula is C16H17Cl2N3O3. The van der Waals surface area contributed by atoms with E-state index in [9.17, 15) is 9.59 Å². The minimum atomic E-state index is -0.580. The van der Waals surface area contributed by atoms with Gasteiger partial charge in [0.2, 0.25) is 0 Å². The Hall–Kier alpha value is -1.76. The molecule has 2 aliphatic rings. The van der Waals surface area contributed by atoms with E-state index in [2.05, 4.69) is 10.6 Å². The third-order valence-electron chi connectivity index (χ3n) is 4.07. The van der Waals surface area contributed by atoms with E-state index in [1.54, 1.807) is 30.0 Å². The molecular weight excluding hydrogens is 353 g/mol. The third kappa shape index (κ3) is 3.36. The van der Waals surface area contributed by atoms with E-state index >= 15 is 0 Å². The van der Waals surface area contributed by atoms with Crippen LogP contribution >= 0.6 is 23.2 Å². The standard InChI is InChI=1S/C16H17Cl2N3O3/c1-9-13(15(22)21-4-6-24-7-5-21)14(20-16(23)19-9)10-2-3-11(17)12(18)8-10/h2-3,8,14H,4-7H2,1H3,(H2,19,20,23)/t14-/m0/s1. The minimum absolute atomic E-state index is 0.126. The Bertz CT molecular complexity index is 715. The molecule has 2 N–H and O–H groups in total. The van der Waals surface area contributed by atoms with Crippen LogP contribution in [0.1, 0.15) is 18.5 Å². The summed E-state index contributed by atoms with van der Waals surface area (Å²) in [5.41, 5.74) is 1.73. The Kier molecular flexibility index (Phi) is 4.99. The lowest BCUT2D eigenvalue weighted by Gasteiger charge is -2.34. The van der Waals surface area contributed by atoms with Crippen molar-refractivity contribution in [2.24, 2.45) is 0 Å². The van der Waals surface area contributed by atoms with Gasteiger partial charge in [0, 0.05) is 18.8 Å². The first-order valence-electron chi connectivity index (χ1n) is 7.57. The molecule has 0 spiro atoms. The Balaban J connectivity index is 1.98. The molecule has 0 aromatic heterocycles. The van der Waals surface area contributed by atoms with Crippen LogP contribution in [0.25, 0.3) is 0 Å². The molecule has 0 radical (unpaired) electrons. The van der Waals surface area contributed by atoms with Gasteiger partial charge in [-0.3, -0.25) is 4.79 Å². The first-order valence-corrected chi connectivity index (χ1v) is 8.33. The molecule has 2 heterocycles. The molecule has 24 heavy (non-hydrogen) atoms. The molecule has 0 bridgehead atoms. The fraction of sp³-hybridized carbons (Fsp3) is 0.375. The maximum absolute atomic E-state index is 13.0. The van der Waals surface area contributed by atoms with E-state index in [0.717, 1.165) is 0 Å². The maximum atomic E-state index is 13.0. The highest BCUT2D eigenvalue weighted by atomic mass is 35.5. The van der Waals surface area contributed by atoms with Gasteiger partial charge >= 0.3 is 6.03 Å². The van der Waals surface area contributed by atoms with Crippen molar-refractivity contribution in [1.29, 1.82) is 0 Å². The Labute approximate surface area is 149 Å². The van der Waals surface area contributed by atoms with Gasteiger partial charge in [-0.05, 0) is 24.6 Å².